The third-order valence-corrected chi connectivity index (χ3v) is 3.19. The fourth-order valence-corrected chi connectivity index (χ4v) is 2.15. The van der Waals surface area contributed by atoms with Crippen molar-refractivity contribution in [3.8, 4) is 0 Å². The van der Waals surface area contributed by atoms with Gasteiger partial charge in [-0.1, -0.05) is 0 Å². The van der Waals surface area contributed by atoms with E-state index in [4.69, 9.17) is 5.73 Å². The zero-order valence-electron chi connectivity index (χ0n) is 10.1. The summed E-state index contributed by atoms with van der Waals surface area (Å²) in [7, 11) is 0. The van der Waals surface area contributed by atoms with Crippen molar-refractivity contribution in [1.82, 2.24) is 9.88 Å². The molecule has 1 fully saturated rings. The van der Waals surface area contributed by atoms with E-state index in [2.05, 4.69) is 4.98 Å². The fourth-order valence-electron chi connectivity index (χ4n) is 2.15. The Morgan fingerprint density at radius 3 is 2.84 bits per heavy atom. The summed E-state index contributed by atoms with van der Waals surface area (Å²) in [6.45, 7) is 0.531. The van der Waals surface area contributed by atoms with Crippen molar-refractivity contribution in [2.24, 2.45) is 11.7 Å². The first kappa shape index (κ1) is 13.4. The summed E-state index contributed by atoms with van der Waals surface area (Å²) >= 11 is 0. The van der Waals surface area contributed by atoms with Gasteiger partial charge in [-0.15, -0.1) is 0 Å². The Kier molecular flexibility index (Phi) is 3.73. The molecule has 1 atom stereocenters. The Morgan fingerprint density at radius 2 is 2.16 bits per heavy atom. The molecule has 0 bridgehead atoms. The minimum Gasteiger partial charge on any atom is -0.369 e. The number of carbonyl (C=O) groups is 2. The van der Waals surface area contributed by atoms with Crippen molar-refractivity contribution in [3.05, 3.63) is 29.6 Å². The van der Waals surface area contributed by atoms with Crippen LogP contribution in [0.5, 0.6) is 0 Å². The molecule has 5 nitrogen and oxygen atoms in total. The molecule has 1 aromatic rings. The van der Waals surface area contributed by atoms with Crippen molar-refractivity contribution < 1.29 is 18.4 Å². The number of nitrogens with two attached hydrogens (primary N) is 1. The molecule has 1 aliphatic heterocycles. The highest BCUT2D eigenvalue weighted by atomic mass is 19.2. The van der Waals surface area contributed by atoms with Gasteiger partial charge in [-0.25, -0.2) is 9.37 Å². The molecule has 7 heteroatoms. The van der Waals surface area contributed by atoms with E-state index in [1.165, 1.54) is 4.90 Å². The lowest BCUT2D eigenvalue weighted by Crippen LogP contribution is -2.44. The van der Waals surface area contributed by atoms with Crippen LogP contribution in [0.25, 0.3) is 0 Å². The zero-order chi connectivity index (χ0) is 14.0. The second-order valence-corrected chi connectivity index (χ2v) is 4.46. The van der Waals surface area contributed by atoms with Gasteiger partial charge >= 0.3 is 0 Å². The summed E-state index contributed by atoms with van der Waals surface area (Å²) in [6.07, 6.45) is 2.24. The lowest BCUT2D eigenvalue weighted by molar-refractivity contribution is -0.123. The summed E-state index contributed by atoms with van der Waals surface area (Å²) in [4.78, 5) is 27.6. The smallest absolute Gasteiger partial charge is 0.257 e. The molecule has 102 valence electrons. The Labute approximate surface area is 108 Å². The Hall–Kier alpha value is -2.05. The second kappa shape index (κ2) is 5.29. The first-order chi connectivity index (χ1) is 9.00. The van der Waals surface area contributed by atoms with Gasteiger partial charge < -0.3 is 10.6 Å². The van der Waals surface area contributed by atoms with Crippen LogP contribution in [-0.4, -0.2) is 34.8 Å². The number of amides is 2. The topological polar surface area (TPSA) is 76.3 Å². The van der Waals surface area contributed by atoms with Crippen LogP contribution >= 0.6 is 0 Å². The van der Waals surface area contributed by atoms with Crippen LogP contribution in [0.3, 0.4) is 0 Å². The molecular formula is C12H13F2N3O2. The quantitative estimate of drug-likeness (QED) is 0.803. The third kappa shape index (κ3) is 2.69. The van der Waals surface area contributed by atoms with Crippen molar-refractivity contribution in [1.29, 1.82) is 0 Å². The number of piperidine rings is 1. The molecule has 0 spiro atoms. The van der Waals surface area contributed by atoms with E-state index in [0.717, 1.165) is 12.3 Å². The third-order valence-electron chi connectivity index (χ3n) is 3.19. The van der Waals surface area contributed by atoms with Crippen LogP contribution in [0.4, 0.5) is 8.78 Å². The van der Waals surface area contributed by atoms with Crippen LogP contribution in [-0.2, 0) is 4.79 Å². The molecule has 0 aromatic carbocycles. The maximum absolute atomic E-state index is 13.5. The SMILES string of the molecule is NC(=O)C1CCCN(C(=O)c2ccnc(F)c2F)C1. The van der Waals surface area contributed by atoms with Gasteiger partial charge in [-0.05, 0) is 18.9 Å². The van der Waals surface area contributed by atoms with Gasteiger partial charge in [0, 0.05) is 19.3 Å². The number of pyridine rings is 1. The van der Waals surface area contributed by atoms with Crippen molar-refractivity contribution in [3.63, 3.8) is 0 Å². The van der Waals surface area contributed by atoms with E-state index in [1.807, 2.05) is 0 Å². The van der Waals surface area contributed by atoms with Gasteiger partial charge in [0.25, 0.3) is 5.91 Å². The molecule has 0 aliphatic carbocycles. The van der Waals surface area contributed by atoms with Gasteiger partial charge in [0.05, 0.1) is 11.5 Å². The van der Waals surface area contributed by atoms with E-state index in [9.17, 15) is 18.4 Å². The van der Waals surface area contributed by atoms with Crippen LogP contribution in [0, 0.1) is 17.7 Å². The number of aromatic nitrogens is 1. The molecule has 1 saturated heterocycles. The highest BCUT2D eigenvalue weighted by molar-refractivity contribution is 5.94. The molecule has 2 heterocycles. The molecule has 0 radical (unpaired) electrons. The summed E-state index contributed by atoms with van der Waals surface area (Å²) < 4.78 is 26.5. The molecular weight excluding hydrogens is 256 g/mol. The number of nitrogens with zero attached hydrogens (tertiary/aromatic N) is 2. The van der Waals surface area contributed by atoms with Crippen LogP contribution in [0.1, 0.15) is 23.2 Å². The Morgan fingerprint density at radius 1 is 1.42 bits per heavy atom. The minimum atomic E-state index is -1.31. The fraction of sp³-hybridized carbons (Fsp3) is 0.417. The molecule has 1 aliphatic rings. The van der Waals surface area contributed by atoms with Crippen molar-refractivity contribution in [2.75, 3.05) is 13.1 Å². The first-order valence-electron chi connectivity index (χ1n) is 5.89. The average Bonchev–Trinajstić information content (AvgIpc) is 2.41. The monoisotopic (exact) mass is 269 g/mol. The average molecular weight is 269 g/mol. The number of halogens is 2. The van der Waals surface area contributed by atoms with Crippen LogP contribution in [0.15, 0.2) is 12.3 Å². The van der Waals surface area contributed by atoms with E-state index in [0.29, 0.717) is 19.4 Å². The lowest BCUT2D eigenvalue weighted by atomic mass is 9.97. The number of primary amides is 1. The molecule has 1 aromatic heterocycles. The number of rotatable bonds is 2. The lowest BCUT2D eigenvalue weighted by Gasteiger charge is -2.31. The number of carbonyl (C=O) groups excluding carboxylic acids is 2. The van der Waals surface area contributed by atoms with Gasteiger partial charge in [-0.3, -0.25) is 9.59 Å². The maximum Gasteiger partial charge on any atom is 0.257 e. The summed E-state index contributed by atoms with van der Waals surface area (Å²) in [5.74, 6) is -4.15. The summed E-state index contributed by atoms with van der Waals surface area (Å²) in [6, 6.07) is 1.12. The molecule has 2 rings (SSSR count). The van der Waals surface area contributed by atoms with Gasteiger partial charge in [-0.2, -0.15) is 4.39 Å². The van der Waals surface area contributed by atoms with Crippen LogP contribution in [0.2, 0.25) is 0 Å². The molecule has 0 saturated carbocycles. The largest absolute Gasteiger partial charge is 0.369 e. The van der Waals surface area contributed by atoms with E-state index in [1.54, 1.807) is 0 Å². The predicted molar refractivity (Wildman–Crippen MR) is 62.0 cm³/mol. The van der Waals surface area contributed by atoms with Crippen molar-refractivity contribution in [2.45, 2.75) is 12.8 Å². The minimum absolute atomic E-state index is 0.136. The highest BCUT2D eigenvalue weighted by Gasteiger charge is 2.29. The van der Waals surface area contributed by atoms with Gasteiger partial charge in [0.15, 0.2) is 5.82 Å². The summed E-state index contributed by atoms with van der Waals surface area (Å²) in [5.41, 5.74) is 4.82. The van der Waals surface area contributed by atoms with E-state index in [-0.39, 0.29) is 12.1 Å². The molecule has 2 N–H and O–H groups in total. The standard InChI is InChI=1S/C12H13F2N3O2/c13-9-8(3-4-16-10(9)14)12(19)17-5-1-2-7(6-17)11(15)18/h3-4,7H,1-2,5-6H2,(H2,15,18). The van der Waals surface area contributed by atoms with E-state index < -0.39 is 29.5 Å². The summed E-state index contributed by atoms with van der Waals surface area (Å²) in [5, 5.41) is 0. The molecule has 2 amide bonds. The predicted octanol–water partition coefficient (Wildman–Crippen LogP) is 0.697. The molecule has 19 heavy (non-hydrogen) atoms. The molecule has 1 unspecified atom stereocenters. The first-order valence-corrected chi connectivity index (χ1v) is 5.89. The Bertz CT molecular complexity index is 522. The maximum atomic E-state index is 13.5. The van der Waals surface area contributed by atoms with Gasteiger partial charge in [0.2, 0.25) is 11.9 Å². The normalized spacial score (nSPS) is 19.3. The zero-order valence-corrected chi connectivity index (χ0v) is 10.1. The number of hydrogen-bond donors (Lipinski definition) is 1. The van der Waals surface area contributed by atoms with E-state index >= 15 is 0 Å². The highest BCUT2D eigenvalue weighted by Crippen LogP contribution is 2.19. The van der Waals surface area contributed by atoms with Crippen LogP contribution < -0.4 is 5.73 Å². The van der Waals surface area contributed by atoms with Crippen molar-refractivity contribution >= 4 is 11.8 Å². The number of hydrogen-bond acceptors (Lipinski definition) is 3. The van der Waals surface area contributed by atoms with Gasteiger partial charge in [0.1, 0.15) is 0 Å². The Balaban J connectivity index is 2.19. The second-order valence-electron chi connectivity index (χ2n) is 4.46. The number of likely N-dealkylation sites (tertiary alicyclic amines) is 1.